The topological polar surface area (TPSA) is 46.1 Å². The first-order valence-electron chi connectivity index (χ1n) is 3.71. The number of allylic oxidation sites excluding steroid dienone is 4. The second-order valence-corrected chi connectivity index (χ2v) is 1.58. The van der Waals surface area contributed by atoms with Crippen LogP contribution in [-0.4, -0.2) is 13.2 Å². The quantitative estimate of drug-likeness (QED) is 0.567. The Morgan fingerprint density at radius 2 is 1.67 bits per heavy atom. The third kappa shape index (κ3) is 31.7. The standard InChI is InChI=1S/C5H5.2C2H5O.Zr/c1-2-4-5-3-1;2*1-2-3;/h1-3H,4H2;2*2H2,1H3;/q3*-1;+3. The summed E-state index contributed by atoms with van der Waals surface area (Å²) in [6, 6.07) is 0. The van der Waals surface area contributed by atoms with Gasteiger partial charge in [0, 0.05) is 0 Å². The number of hydrogen-bond donors (Lipinski definition) is 0. The maximum atomic E-state index is 8.93. The van der Waals surface area contributed by atoms with Gasteiger partial charge in [-0.15, -0.1) is 19.6 Å². The molecule has 0 unspecified atom stereocenters. The molecule has 0 spiro atoms. The average Bonchev–Trinajstić information content (AvgIpc) is 2.44. The molecule has 1 aliphatic rings. The van der Waals surface area contributed by atoms with Crippen LogP contribution in [0.3, 0.4) is 0 Å². The van der Waals surface area contributed by atoms with E-state index in [1.165, 1.54) is 0 Å². The Morgan fingerprint density at radius 3 is 1.75 bits per heavy atom. The third-order valence-corrected chi connectivity index (χ3v) is 0.586. The van der Waals surface area contributed by atoms with Crippen LogP contribution in [0.5, 0.6) is 0 Å². The summed E-state index contributed by atoms with van der Waals surface area (Å²) < 4.78 is 0. The van der Waals surface area contributed by atoms with E-state index in [0.717, 1.165) is 6.42 Å². The SMILES string of the molecule is CC[O-].CC[O-].[C-]1=CC=CC1.[Zr+3]. The normalized spacial score (nSPS) is 10.3. The van der Waals surface area contributed by atoms with Gasteiger partial charge in [-0.3, -0.25) is 6.08 Å². The molecular formula is C9H15O2Zr. The molecule has 0 fully saturated rings. The van der Waals surface area contributed by atoms with E-state index in [0.29, 0.717) is 0 Å². The van der Waals surface area contributed by atoms with Gasteiger partial charge in [-0.25, -0.2) is 12.2 Å². The third-order valence-electron chi connectivity index (χ3n) is 0.586. The molecule has 1 radical (unpaired) electrons. The Labute approximate surface area is 94.1 Å². The molecule has 0 aromatic rings. The fourth-order valence-electron chi connectivity index (χ4n) is 0.340. The summed E-state index contributed by atoms with van der Waals surface area (Å²) in [5.41, 5.74) is 0. The van der Waals surface area contributed by atoms with E-state index >= 15 is 0 Å². The second kappa shape index (κ2) is 22.5. The molecule has 0 aliphatic heterocycles. The Morgan fingerprint density at radius 1 is 1.25 bits per heavy atom. The van der Waals surface area contributed by atoms with Crippen LogP contribution in [0.25, 0.3) is 0 Å². The Bertz CT molecular complexity index is 88.7. The first kappa shape index (κ1) is 18.1. The van der Waals surface area contributed by atoms with Crippen molar-refractivity contribution in [1.82, 2.24) is 0 Å². The monoisotopic (exact) mass is 245 g/mol. The van der Waals surface area contributed by atoms with Gasteiger partial charge in [-0.2, -0.15) is 6.08 Å². The molecule has 1 rings (SSSR count). The molecule has 0 amide bonds. The van der Waals surface area contributed by atoms with E-state index in [1.54, 1.807) is 13.8 Å². The smallest absolute Gasteiger partial charge is 0.855 e. The van der Waals surface area contributed by atoms with Crippen molar-refractivity contribution in [2.45, 2.75) is 20.3 Å². The summed E-state index contributed by atoms with van der Waals surface area (Å²) in [6.45, 7) is 3.14. The zero-order chi connectivity index (χ0) is 8.95. The van der Waals surface area contributed by atoms with Crippen molar-refractivity contribution in [3.8, 4) is 0 Å². The Balaban J connectivity index is -0.000000104. The molecule has 0 atom stereocenters. The molecule has 0 heterocycles. The Kier molecular flexibility index (Phi) is 34.0. The van der Waals surface area contributed by atoms with Gasteiger partial charge in [0.1, 0.15) is 0 Å². The molecule has 1 aliphatic carbocycles. The van der Waals surface area contributed by atoms with Crippen molar-refractivity contribution in [3.63, 3.8) is 0 Å². The van der Waals surface area contributed by atoms with E-state index in [-0.39, 0.29) is 39.4 Å². The maximum absolute atomic E-state index is 8.93. The van der Waals surface area contributed by atoms with Crippen molar-refractivity contribution < 1.29 is 36.4 Å². The molecule has 12 heavy (non-hydrogen) atoms. The van der Waals surface area contributed by atoms with E-state index in [1.807, 2.05) is 12.2 Å². The summed E-state index contributed by atoms with van der Waals surface area (Å²) in [6.07, 6.45) is 10.0. The maximum Gasteiger partial charge on any atom is 3.00 e. The van der Waals surface area contributed by atoms with E-state index < -0.39 is 0 Å². The number of rotatable bonds is 0. The fourth-order valence-corrected chi connectivity index (χ4v) is 0.340. The van der Waals surface area contributed by atoms with Gasteiger partial charge in [0.2, 0.25) is 0 Å². The molecule has 0 aromatic carbocycles. The van der Waals surface area contributed by atoms with E-state index in [4.69, 9.17) is 10.2 Å². The van der Waals surface area contributed by atoms with Gasteiger partial charge in [0.15, 0.2) is 0 Å². The molecule has 2 nitrogen and oxygen atoms in total. The molecular weight excluding hydrogens is 231 g/mol. The zero-order valence-corrected chi connectivity index (χ0v) is 10.1. The van der Waals surface area contributed by atoms with Crippen molar-refractivity contribution in [3.05, 3.63) is 24.3 Å². The average molecular weight is 246 g/mol. The first-order chi connectivity index (χ1) is 5.33. The summed E-state index contributed by atoms with van der Waals surface area (Å²) in [7, 11) is 0. The van der Waals surface area contributed by atoms with Gasteiger partial charge >= 0.3 is 26.2 Å². The molecule has 0 bridgehead atoms. The minimum absolute atomic E-state index is 0. The molecule has 0 saturated carbocycles. The molecule has 67 valence electrons. The Hall–Kier alpha value is 0.283. The molecule has 0 saturated heterocycles. The molecule has 0 N–H and O–H groups in total. The first-order valence-corrected chi connectivity index (χ1v) is 3.71. The van der Waals surface area contributed by atoms with Crippen LogP contribution < -0.4 is 10.2 Å². The predicted octanol–water partition coefficient (Wildman–Crippen LogP) is 0.0364. The fraction of sp³-hybridized carbons (Fsp3) is 0.556. The zero-order valence-electron chi connectivity index (χ0n) is 7.67. The van der Waals surface area contributed by atoms with Gasteiger partial charge < -0.3 is 10.2 Å². The van der Waals surface area contributed by atoms with Crippen molar-refractivity contribution >= 4 is 0 Å². The van der Waals surface area contributed by atoms with Gasteiger partial charge in [-0.05, 0) is 0 Å². The minimum Gasteiger partial charge on any atom is -0.855 e. The van der Waals surface area contributed by atoms with Crippen LogP contribution in [0.2, 0.25) is 0 Å². The van der Waals surface area contributed by atoms with Gasteiger partial charge in [0.25, 0.3) is 0 Å². The molecule has 0 aromatic heterocycles. The van der Waals surface area contributed by atoms with Crippen LogP contribution in [0.4, 0.5) is 0 Å². The van der Waals surface area contributed by atoms with E-state index in [9.17, 15) is 0 Å². The largest absolute Gasteiger partial charge is 3.00 e. The van der Waals surface area contributed by atoms with Crippen LogP contribution in [-0.2, 0) is 26.2 Å². The van der Waals surface area contributed by atoms with Crippen molar-refractivity contribution in [2.24, 2.45) is 0 Å². The van der Waals surface area contributed by atoms with Gasteiger partial charge in [0.05, 0.1) is 0 Å². The van der Waals surface area contributed by atoms with Crippen LogP contribution in [0.1, 0.15) is 20.3 Å². The van der Waals surface area contributed by atoms with Crippen molar-refractivity contribution in [2.75, 3.05) is 13.2 Å². The summed E-state index contributed by atoms with van der Waals surface area (Å²) >= 11 is 0. The minimum atomic E-state index is 0. The predicted molar refractivity (Wildman–Crippen MR) is 42.7 cm³/mol. The van der Waals surface area contributed by atoms with E-state index in [2.05, 4.69) is 12.2 Å². The second-order valence-electron chi connectivity index (χ2n) is 1.58. The summed E-state index contributed by atoms with van der Waals surface area (Å²) in [5.74, 6) is 0. The van der Waals surface area contributed by atoms with Crippen LogP contribution in [0.15, 0.2) is 18.2 Å². The number of hydrogen-bond acceptors (Lipinski definition) is 2. The van der Waals surface area contributed by atoms with Crippen molar-refractivity contribution in [1.29, 1.82) is 0 Å². The van der Waals surface area contributed by atoms with Crippen LogP contribution >= 0.6 is 0 Å². The summed E-state index contributed by atoms with van der Waals surface area (Å²) in [5, 5.41) is 17.9. The summed E-state index contributed by atoms with van der Waals surface area (Å²) in [4.78, 5) is 0. The molecule has 3 heteroatoms. The van der Waals surface area contributed by atoms with Gasteiger partial charge in [-0.1, -0.05) is 13.8 Å². The van der Waals surface area contributed by atoms with Crippen LogP contribution in [0, 0.1) is 6.08 Å².